The van der Waals surface area contributed by atoms with E-state index >= 15 is 0 Å². The largest absolute Gasteiger partial charge is 0.358 e. The van der Waals surface area contributed by atoms with Gasteiger partial charge in [-0.25, -0.2) is 9.37 Å². The van der Waals surface area contributed by atoms with Gasteiger partial charge >= 0.3 is 0 Å². The van der Waals surface area contributed by atoms with Gasteiger partial charge in [0.25, 0.3) is 0 Å². The lowest BCUT2D eigenvalue weighted by atomic mass is 10.4. The van der Waals surface area contributed by atoms with Gasteiger partial charge in [-0.05, 0) is 19.8 Å². The third-order valence-electron chi connectivity index (χ3n) is 1.97. The Bertz CT molecular complexity index is 280. The van der Waals surface area contributed by atoms with E-state index in [0.717, 1.165) is 10.0 Å². The van der Waals surface area contributed by atoms with Crippen LogP contribution < -0.4 is 5.32 Å². The predicted molar refractivity (Wildman–Crippen MR) is 48.4 cm³/mol. The molecule has 1 aliphatic carbocycles. The van der Waals surface area contributed by atoms with E-state index in [4.69, 9.17) is 0 Å². The fourth-order valence-corrected chi connectivity index (χ4v) is 1.64. The van der Waals surface area contributed by atoms with Crippen molar-refractivity contribution in [3.8, 4) is 0 Å². The highest BCUT2D eigenvalue weighted by Gasteiger charge is 2.42. The van der Waals surface area contributed by atoms with Crippen molar-refractivity contribution in [3.05, 3.63) is 11.1 Å². The van der Waals surface area contributed by atoms with Crippen molar-refractivity contribution < 1.29 is 4.39 Å². The van der Waals surface area contributed by atoms with Gasteiger partial charge in [0.05, 0.1) is 6.54 Å². The summed E-state index contributed by atoms with van der Waals surface area (Å²) in [4.78, 5) is 5.24. The summed E-state index contributed by atoms with van der Waals surface area (Å²) >= 11 is 1.57. The minimum Gasteiger partial charge on any atom is -0.358 e. The van der Waals surface area contributed by atoms with Crippen LogP contribution in [0.3, 0.4) is 0 Å². The Balaban J connectivity index is 1.87. The minimum atomic E-state index is -0.931. The first-order chi connectivity index (χ1) is 5.68. The monoisotopic (exact) mass is 186 g/mol. The third-order valence-corrected chi connectivity index (χ3v) is 2.84. The van der Waals surface area contributed by atoms with Crippen LogP contribution in [0.1, 0.15) is 17.7 Å². The van der Waals surface area contributed by atoms with Crippen molar-refractivity contribution in [3.63, 3.8) is 0 Å². The summed E-state index contributed by atoms with van der Waals surface area (Å²) in [5.41, 5.74) is -0.931. The predicted octanol–water partition coefficient (Wildman–Crippen LogP) is 2.37. The summed E-state index contributed by atoms with van der Waals surface area (Å²) in [6.45, 7) is 2.41. The first-order valence-electron chi connectivity index (χ1n) is 4.03. The van der Waals surface area contributed by atoms with Crippen molar-refractivity contribution in [2.75, 3.05) is 11.9 Å². The van der Waals surface area contributed by atoms with Crippen molar-refractivity contribution in [1.82, 2.24) is 4.98 Å². The average molecular weight is 186 g/mol. The summed E-state index contributed by atoms with van der Waals surface area (Å²) in [7, 11) is 0. The second kappa shape index (κ2) is 2.69. The van der Waals surface area contributed by atoms with Crippen LogP contribution in [0.15, 0.2) is 6.20 Å². The minimum absolute atomic E-state index is 0.417. The van der Waals surface area contributed by atoms with Gasteiger partial charge < -0.3 is 5.32 Å². The number of aromatic nitrogens is 1. The number of hydrogen-bond donors (Lipinski definition) is 1. The Morgan fingerprint density at radius 2 is 2.50 bits per heavy atom. The molecule has 1 heterocycles. The molecule has 1 aliphatic rings. The van der Waals surface area contributed by atoms with E-state index in [-0.39, 0.29) is 0 Å². The first kappa shape index (κ1) is 7.98. The second-order valence-electron chi connectivity index (χ2n) is 3.28. The van der Waals surface area contributed by atoms with Crippen LogP contribution >= 0.6 is 11.3 Å². The van der Waals surface area contributed by atoms with E-state index in [9.17, 15) is 4.39 Å². The first-order valence-corrected chi connectivity index (χ1v) is 4.85. The van der Waals surface area contributed by atoms with Gasteiger partial charge in [-0.1, -0.05) is 0 Å². The maximum atomic E-state index is 13.1. The number of hydrogen-bond acceptors (Lipinski definition) is 3. The zero-order valence-electron chi connectivity index (χ0n) is 6.93. The molecular weight excluding hydrogens is 175 g/mol. The fourth-order valence-electron chi connectivity index (χ4n) is 0.983. The van der Waals surface area contributed by atoms with Gasteiger partial charge in [0.1, 0.15) is 5.67 Å². The number of rotatable bonds is 3. The number of nitrogens with zero attached hydrogens (tertiary/aromatic N) is 1. The molecule has 1 N–H and O–H groups in total. The molecule has 0 spiro atoms. The maximum Gasteiger partial charge on any atom is 0.182 e. The lowest BCUT2D eigenvalue weighted by Crippen LogP contribution is -2.15. The molecule has 0 radical (unpaired) electrons. The zero-order chi connectivity index (χ0) is 8.60. The highest BCUT2D eigenvalue weighted by Crippen LogP contribution is 2.39. The molecule has 1 saturated carbocycles. The molecule has 1 aromatic heterocycles. The molecule has 0 aliphatic heterocycles. The SMILES string of the molecule is Cc1cnc(NCC2(F)CC2)s1. The van der Waals surface area contributed by atoms with Crippen LogP contribution in [0, 0.1) is 6.92 Å². The van der Waals surface area contributed by atoms with Gasteiger partial charge in [0.15, 0.2) is 5.13 Å². The van der Waals surface area contributed by atoms with Crippen molar-refractivity contribution in [2.24, 2.45) is 0 Å². The summed E-state index contributed by atoms with van der Waals surface area (Å²) in [5, 5.41) is 3.83. The lowest BCUT2D eigenvalue weighted by Gasteiger charge is -2.04. The van der Waals surface area contributed by atoms with Gasteiger partial charge in [-0.2, -0.15) is 0 Å². The van der Waals surface area contributed by atoms with Gasteiger partial charge in [-0.15, -0.1) is 11.3 Å². The fraction of sp³-hybridized carbons (Fsp3) is 0.625. The summed E-state index contributed by atoms with van der Waals surface area (Å²) in [6.07, 6.45) is 3.19. The number of aryl methyl sites for hydroxylation is 1. The molecule has 0 bridgehead atoms. The molecule has 66 valence electrons. The lowest BCUT2D eigenvalue weighted by molar-refractivity contribution is 0.326. The van der Waals surface area contributed by atoms with Crippen LogP contribution in [0.2, 0.25) is 0 Å². The van der Waals surface area contributed by atoms with Crippen LogP contribution in [-0.4, -0.2) is 17.2 Å². The average Bonchev–Trinajstić information content (AvgIpc) is 2.60. The molecule has 2 rings (SSSR count). The van der Waals surface area contributed by atoms with E-state index in [1.165, 1.54) is 0 Å². The number of nitrogens with one attached hydrogen (secondary N) is 1. The summed E-state index contributed by atoms with van der Waals surface area (Å²) < 4.78 is 13.1. The van der Waals surface area contributed by atoms with E-state index in [1.807, 2.05) is 6.92 Å². The number of anilines is 1. The Morgan fingerprint density at radius 3 is 3.00 bits per heavy atom. The molecule has 0 amide bonds. The smallest absolute Gasteiger partial charge is 0.182 e. The molecule has 4 heteroatoms. The van der Waals surface area contributed by atoms with Crippen molar-refractivity contribution in [1.29, 1.82) is 0 Å². The van der Waals surface area contributed by atoms with E-state index in [2.05, 4.69) is 10.3 Å². The molecule has 1 fully saturated rings. The van der Waals surface area contributed by atoms with Crippen molar-refractivity contribution in [2.45, 2.75) is 25.4 Å². The Morgan fingerprint density at radius 1 is 1.75 bits per heavy atom. The van der Waals surface area contributed by atoms with Crippen molar-refractivity contribution >= 4 is 16.5 Å². The standard InChI is InChI=1S/C8H11FN2S/c1-6-4-10-7(12-6)11-5-8(9)2-3-8/h4H,2-3,5H2,1H3,(H,10,11). The quantitative estimate of drug-likeness (QED) is 0.783. The molecular formula is C8H11FN2S. The van der Waals surface area contributed by atoms with E-state index in [1.54, 1.807) is 17.5 Å². The summed E-state index contributed by atoms with van der Waals surface area (Å²) in [6, 6.07) is 0. The number of alkyl halides is 1. The molecule has 1 aromatic rings. The zero-order valence-corrected chi connectivity index (χ0v) is 7.75. The second-order valence-corrected chi connectivity index (χ2v) is 4.52. The van der Waals surface area contributed by atoms with Crippen LogP contribution in [0.4, 0.5) is 9.52 Å². The molecule has 0 unspecified atom stereocenters. The summed E-state index contributed by atoms with van der Waals surface area (Å²) in [5.74, 6) is 0. The van der Waals surface area contributed by atoms with Crippen LogP contribution in [-0.2, 0) is 0 Å². The van der Waals surface area contributed by atoms with E-state index in [0.29, 0.717) is 19.4 Å². The molecule has 12 heavy (non-hydrogen) atoms. The number of thiazole rings is 1. The molecule has 0 aromatic carbocycles. The van der Waals surface area contributed by atoms with Crippen LogP contribution in [0.5, 0.6) is 0 Å². The molecule has 2 nitrogen and oxygen atoms in total. The van der Waals surface area contributed by atoms with Gasteiger partial charge in [0.2, 0.25) is 0 Å². The Kier molecular flexibility index (Phi) is 1.79. The maximum absolute atomic E-state index is 13.1. The Hall–Kier alpha value is -0.640. The molecule has 0 saturated heterocycles. The van der Waals surface area contributed by atoms with Crippen LogP contribution in [0.25, 0.3) is 0 Å². The van der Waals surface area contributed by atoms with Gasteiger partial charge in [0, 0.05) is 11.1 Å². The molecule has 0 atom stereocenters. The van der Waals surface area contributed by atoms with E-state index < -0.39 is 5.67 Å². The topological polar surface area (TPSA) is 24.9 Å². The highest BCUT2D eigenvalue weighted by atomic mass is 32.1. The third kappa shape index (κ3) is 1.75. The highest BCUT2D eigenvalue weighted by molar-refractivity contribution is 7.15. The Labute approximate surface area is 74.8 Å². The normalized spacial score (nSPS) is 19.2. The van der Waals surface area contributed by atoms with Gasteiger partial charge in [-0.3, -0.25) is 0 Å². The number of halogens is 1.